The summed E-state index contributed by atoms with van der Waals surface area (Å²) in [7, 11) is 3.33. The topological polar surface area (TPSA) is 30.5 Å². The SMILES string of the molecule is COc1ccc(CNc2cc(Br)cc(OC)c2)cc1. The van der Waals surface area contributed by atoms with Gasteiger partial charge in [0, 0.05) is 22.8 Å². The van der Waals surface area contributed by atoms with Crippen LogP contribution in [0.5, 0.6) is 11.5 Å². The normalized spacial score (nSPS) is 10.1. The van der Waals surface area contributed by atoms with Crippen molar-refractivity contribution >= 4 is 21.6 Å². The molecule has 0 heterocycles. The first-order chi connectivity index (χ1) is 9.21. The number of hydrogen-bond acceptors (Lipinski definition) is 3. The highest BCUT2D eigenvalue weighted by atomic mass is 79.9. The zero-order valence-electron chi connectivity index (χ0n) is 10.9. The Morgan fingerprint density at radius 3 is 2.26 bits per heavy atom. The van der Waals surface area contributed by atoms with Gasteiger partial charge in [0.1, 0.15) is 11.5 Å². The lowest BCUT2D eigenvalue weighted by atomic mass is 10.2. The van der Waals surface area contributed by atoms with Gasteiger partial charge in [0.2, 0.25) is 0 Å². The smallest absolute Gasteiger partial charge is 0.122 e. The van der Waals surface area contributed by atoms with Crippen LogP contribution in [0.25, 0.3) is 0 Å². The highest BCUT2D eigenvalue weighted by Gasteiger charge is 2.00. The molecule has 100 valence electrons. The van der Waals surface area contributed by atoms with E-state index in [9.17, 15) is 0 Å². The molecule has 19 heavy (non-hydrogen) atoms. The van der Waals surface area contributed by atoms with Crippen LogP contribution in [0.15, 0.2) is 46.9 Å². The van der Waals surface area contributed by atoms with Gasteiger partial charge in [0.25, 0.3) is 0 Å². The number of hydrogen-bond donors (Lipinski definition) is 1. The monoisotopic (exact) mass is 321 g/mol. The molecule has 0 unspecified atom stereocenters. The van der Waals surface area contributed by atoms with Gasteiger partial charge in [-0.25, -0.2) is 0 Å². The van der Waals surface area contributed by atoms with E-state index < -0.39 is 0 Å². The van der Waals surface area contributed by atoms with E-state index in [0.717, 1.165) is 28.2 Å². The van der Waals surface area contributed by atoms with Crippen LogP contribution >= 0.6 is 15.9 Å². The summed E-state index contributed by atoms with van der Waals surface area (Å²) in [6.45, 7) is 0.754. The Balaban J connectivity index is 2.03. The van der Waals surface area contributed by atoms with E-state index >= 15 is 0 Å². The molecule has 2 aromatic rings. The van der Waals surface area contributed by atoms with Crippen LogP contribution < -0.4 is 14.8 Å². The summed E-state index contributed by atoms with van der Waals surface area (Å²) in [5.74, 6) is 1.69. The van der Waals surface area contributed by atoms with Crippen molar-refractivity contribution in [1.29, 1.82) is 0 Å². The minimum atomic E-state index is 0.754. The summed E-state index contributed by atoms with van der Waals surface area (Å²) in [4.78, 5) is 0. The maximum Gasteiger partial charge on any atom is 0.122 e. The Bertz CT molecular complexity index is 540. The molecule has 0 spiro atoms. The predicted molar refractivity (Wildman–Crippen MR) is 81.0 cm³/mol. The fraction of sp³-hybridized carbons (Fsp3) is 0.200. The fourth-order valence-electron chi connectivity index (χ4n) is 1.73. The zero-order chi connectivity index (χ0) is 13.7. The zero-order valence-corrected chi connectivity index (χ0v) is 12.5. The number of rotatable bonds is 5. The van der Waals surface area contributed by atoms with Gasteiger partial charge >= 0.3 is 0 Å². The van der Waals surface area contributed by atoms with Crippen molar-refractivity contribution in [2.45, 2.75) is 6.54 Å². The molecule has 2 aromatic carbocycles. The van der Waals surface area contributed by atoms with Gasteiger partial charge in [-0.1, -0.05) is 28.1 Å². The summed E-state index contributed by atoms with van der Waals surface area (Å²) in [6.07, 6.45) is 0. The second kappa shape index (κ2) is 6.48. The molecule has 1 N–H and O–H groups in total. The first kappa shape index (κ1) is 13.7. The second-order valence-electron chi connectivity index (χ2n) is 4.08. The maximum absolute atomic E-state index is 5.23. The minimum absolute atomic E-state index is 0.754. The highest BCUT2D eigenvalue weighted by molar-refractivity contribution is 9.10. The van der Waals surface area contributed by atoms with E-state index in [2.05, 4.69) is 21.2 Å². The Hall–Kier alpha value is -1.68. The van der Waals surface area contributed by atoms with Crippen molar-refractivity contribution in [3.63, 3.8) is 0 Å². The van der Waals surface area contributed by atoms with E-state index in [1.54, 1.807) is 14.2 Å². The van der Waals surface area contributed by atoms with Gasteiger partial charge in [0.05, 0.1) is 14.2 Å². The number of methoxy groups -OCH3 is 2. The molecular formula is C15H16BrNO2. The molecule has 0 atom stereocenters. The van der Waals surface area contributed by atoms with Gasteiger partial charge in [-0.2, -0.15) is 0 Å². The third-order valence-corrected chi connectivity index (χ3v) is 3.22. The van der Waals surface area contributed by atoms with Crippen LogP contribution in [-0.4, -0.2) is 14.2 Å². The molecule has 0 bridgehead atoms. The fourth-order valence-corrected chi connectivity index (χ4v) is 2.20. The first-order valence-corrected chi connectivity index (χ1v) is 6.72. The molecule has 0 aliphatic heterocycles. The van der Waals surface area contributed by atoms with Crippen LogP contribution in [0.3, 0.4) is 0 Å². The van der Waals surface area contributed by atoms with Crippen LogP contribution in [0.1, 0.15) is 5.56 Å². The third-order valence-electron chi connectivity index (χ3n) is 2.76. The number of halogens is 1. The van der Waals surface area contributed by atoms with E-state index in [1.165, 1.54) is 5.56 Å². The van der Waals surface area contributed by atoms with E-state index in [0.29, 0.717) is 0 Å². The lowest BCUT2D eigenvalue weighted by Crippen LogP contribution is -1.99. The summed E-state index contributed by atoms with van der Waals surface area (Å²) >= 11 is 3.46. The lowest BCUT2D eigenvalue weighted by Gasteiger charge is -2.09. The van der Waals surface area contributed by atoms with E-state index in [1.807, 2.05) is 42.5 Å². The van der Waals surface area contributed by atoms with Crippen molar-refractivity contribution in [2.75, 3.05) is 19.5 Å². The first-order valence-electron chi connectivity index (χ1n) is 5.92. The number of nitrogens with one attached hydrogen (secondary N) is 1. The molecule has 2 rings (SSSR count). The van der Waals surface area contributed by atoms with Crippen molar-refractivity contribution in [3.05, 3.63) is 52.5 Å². The van der Waals surface area contributed by atoms with Gasteiger partial charge in [-0.05, 0) is 29.8 Å². The average Bonchev–Trinajstić information content (AvgIpc) is 2.45. The molecule has 0 saturated heterocycles. The van der Waals surface area contributed by atoms with Crippen LogP contribution in [0.4, 0.5) is 5.69 Å². The Morgan fingerprint density at radius 2 is 1.63 bits per heavy atom. The van der Waals surface area contributed by atoms with E-state index in [-0.39, 0.29) is 0 Å². The lowest BCUT2D eigenvalue weighted by molar-refractivity contribution is 0.414. The molecule has 0 aliphatic carbocycles. The molecule has 0 aliphatic rings. The minimum Gasteiger partial charge on any atom is -0.497 e. The van der Waals surface area contributed by atoms with Gasteiger partial charge in [-0.15, -0.1) is 0 Å². The van der Waals surface area contributed by atoms with Gasteiger partial charge in [0.15, 0.2) is 0 Å². The average molecular weight is 322 g/mol. The molecule has 0 fully saturated rings. The third kappa shape index (κ3) is 3.89. The Labute approximate surface area is 121 Å². The number of benzene rings is 2. The highest BCUT2D eigenvalue weighted by Crippen LogP contribution is 2.25. The summed E-state index contributed by atoms with van der Waals surface area (Å²) in [5, 5.41) is 3.36. The largest absolute Gasteiger partial charge is 0.497 e. The summed E-state index contributed by atoms with van der Waals surface area (Å²) in [6, 6.07) is 13.9. The quantitative estimate of drug-likeness (QED) is 0.900. The van der Waals surface area contributed by atoms with Crippen molar-refractivity contribution < 1.29 is 9.47 Å². The van der Waals surface area contributed by atoms with Crippen LogP contribution in [0.2, 0.25) is 0 Å². The van der Waals surface area contributed by atoms with Crippen LogP contribution in [0, 0.1) is 0 Å². The van der Waals surface area contributed by atoms with Crippen molar-refractivity contribution in [3.8, 4) is 11.5 Å². The number of ether oxygens (including phenoxy) is 2. The van der Waals surface area contributed by atoms with Gasteiger partial charge in [-0.3, -0.25) is 0 Å². The molecule has 0 aromatic heterocycles. The maximum atomic E-state index is 5.23. The summed E-state index contributed by atoms with van der Waals surface area (Å²) in [5.41, 5.74) is 2.21. The molecule has 3 nitrogen and oxygen atoms in total. The number of anilines is 1. The second-order valence-corrected chi connectivity index (χ2v) is 5.00. The predicted octanol–water partition coefficient (Wildman–Crippen LogP) is 4.08. The van der Waals surface area contributed by atoms with Crippen LogP contribution in [-0.2, 0) is 6.54 Å². The molecule has 0 radical (unpaired) electrons. The van der Waals surface area contributed by atoms with E-state index in [4.69, 9.17) is 9.47 Å². The van der Waals surface area contributed by atoms with Gasteiger partial charge < -0.3 is 14.8 Å². The molecule has 0 saturated carbocycles. The molecule has 0 amide bonds. The molecule has 4 heteroatoms. The Kier molecular flexibility index (Phi) is 4.68. The summed E-state index contributed by atoms with van der Waals surface area (Å²) < 4.78 is 11.4. The van der Waals surface area contributed by atoms with Crippen molar-refractivity contribution in [2.24, 2.45) is 0 Å². The molecular weight excluding hydrogens is 306 g/mol. The standard InChI is InChI=1S/C15H16BrNO2/c1-18-14-5-3-11(4-6-14)10-17-13-7-12(16)8-15(9-13)19-2/h3-9,17H,10H2,1-2H3. The van der Waals surface area contributed by atoms with Crippen molar-refractivity contribution in [1.82, 2.24) is 0 Å². The Morgan fingerprint density at radius 1 is 0.947 bits per heavy atom.